The van der Waals surface area contributed by atoms with E-state index >= 15 is 0 Å². The first-order valence-electron chi connectivity index (χ1n) is 11.0. The van der Waals surface area contributed by atoms with Gasteiger partial charge in [-0.05, 0) is 31.2 Å². The van der Waals surface area contributed by atoms with Crippen LogP contribution in [-0.4, -0.2) is 40.1 Å². The van der Waals surface area contributed by atoms with Gasteiger partial charge in [0.05, 0.1) is 0 Å². The minimum atomic E-state index is -1.79. The maximum atomic E-state index is 14.6. The Bertz CT molecular complexity index is 714. The van der Waals surface area contributed by atoms with E-state index in [0.717, 1.165) is 19.3 Å². The third kappa shape index (κ3) is 6.00. The normalized spacial score (nSPS) is 16.5. The Labute approximate surface area is 177 Å². The van der Waals surface area contributed by atoms with Crippen LogP contribution in [0.5, 0.6) is 0 Å². The summed E-state index contributed by atoms with van der Waals surface area (Å²) < 4.78 is 29.0. The largest absolute Gasteiger partial charge is 0.480 e. The van der Waals surface area contributed by atoms with Gasteiger partial charge in [0.2, 0.25) is 0 Å². The second-order valence-corrected chi connectivity index (χ2v) is 8.35. The quantitative estimate of drug-likeness (QED) is 0.364. The molecule has 0 radical (unpaired) electrons. The molecule has 0 amide bonds. The van der Waals surface area contributed by atoms with Gasteiger partial charge in [-0.15, -0.1) is 0 Å². The number of rotatable bonds is 12. The van der Waals surface area contributed by atoms with Crippen molar-refractivity contribution in [3.05, 3.63) is 34.9 Å². The summed E-state index contributed by atoms with van der Waals surface area (Å²) in [6, 6.07) is 3.22. The van der Waals surface area contributed by atoms with Crippen LogP contribution in [0.15, 0.2) is 12.1 Å². The van der Waals surface area contributed by atoms with Crippen molar-refractivity contribution in [2.75, 3.05) is 13.1 Å². The van der Waals surface area contributed by atoms with Crippen LogP contribution in [0.3, 0.4) is 0 Å². The molecule has 0 bridgehead atoms. The lowest BCUT2D eigenvalue weighted by Crippen LogP contribution is -2.48. The molecule has 0 aromatic heterocycles. The summed E-state index contributed by atoms with van der Waals surface area (Å²) in [5, 5.41) is 18.6. The van der Waals surface area contributed by atoms with Crippen molar-refractivity contribution in [3.8, 4) is 0 Å². The molecule has 1 aromatic rings. The number of carbonyl (C=O) groups is 2. The fourth-order valence-electron chi connectivity index (χ4n) is 4.07. The summed E-state index contributed by atoms with van der Waals surface area (Å²) in [5.41, 5.74) is -1.19. The Morgan fingerprint density at radius 1 is 0.900 bits per heavy atom. The zero-order chi connectivity index (χ0) is 22.1. The molecule has 7 heteroatoms. The summed E-state index contributed by atoms with van der Waals surface area (Å²) >= 11 is 0. The van der Waals surface area contributed by atoms with Gasteiger partial charge in [0, 0.05) is 25.2 Å². The van der Waals surface area contributed by atoms with Gasteiger partial charge in [-0.25, -0.2) is 8.78 Å². The Kier molecular flexibility index (Phi) is 9.21. The molecule has 0 aliphatic carbocycles. The van der Waals surface area contributed by atoms with Gasteiger partial charge >= 0.3 is 11.9 Å². The average Bonchev–Trinajstić information content (AvgIpc) is 2.72. The highest BCUT2D eigenvalue weighted by atomic mass is 19.2. The van der Waals surface area contributed by atoms with Crippen molar-refractivity contribution in [2.24, 2.45) is 5.41 Å². The zero-order valence-electron chi connectivity index (χ0n) is 17.8. The van der Waals surface area contributed by atoms with Crippen LogP contribution >= 0.6 is 0 Å². The van der Waals surface area contributed by atoms with Crippen molar-refractivity contribution in [3.63, 3.8) is 0 Å². The monoisotopic (exact) mass is 425 g/mol. The summed E-state index contributed by atoms with van der Waals surface area (Å²) in [7, 11) is 0. The van der Waals surface area contributed by atoms with Crippen LogP contribution in [0, 0.1) is 17.0 Å². The molecule has 168 valence electrons. The summed E-state index contributed by atoms with van der Waals surface area (Å²) in [6.45, 7) is 2.72. The van der Waals surface area contributed by atoms with E-state index in [-0.39, 0.29) is 38.0 Å². The van der Waals surface area contributed by atoms with E-state index in [2.05, 4.69) is 6.92 Å². The predicted octanol–water partition coefficient (Wildman–Crippen LogP) is 5.01. The number of likely N-dealkylation sites (tertiary alicyclic amines) is 1. The number of piperidine rings is 1. The Hall–Kier alpha value is -2.02. The number of aliphatic carboxylic acids is 2. The topological polar surface area (TPSA) is 77.8 Å². The van der Waals surface area contributed by atoms with E-state index in [1.165, 1.54) is 25.7 Å². The second kappa shape index (κ2) is 11.4. The Balaban J connectivity index is 1.87. The fraction of sp³-hybridized carbons (Fsp3) is 0.652. The van der Waals surface area contributed by atoms with Crippen molar-refractivity contribution >= 4 is 11.9 Å². The van der Waals surface area contributed by atoms with Crippen LogP contribution in [0.4, 0.5) is 8.78 Å². The number of nitrogens with zero attached hydrogens (tertiary/aromatic N) is 1. The van der Waals surface area contributed by atoms with Gasteiger partial charge in [-0.3, -0.25) is 14.5 Å². The minimum Gasteiger partial charge on any atom is -0.480 e. The zero-order valence-corrected chi connectivity index (χ0v) is 17.8. The van der Waals surface area contributed by atoms with E-state index in [0.29, 0.717) is 12.0 Å². The van der Waals surface area contributed by atoms with Crippen LogP contribution in [-0.2, 0) is 22.6 Å². The number of carboxylic acid groups (broad SMARTS) is 2. The van der Waals surface area contributed by atoms with Crippen LogP contribution in [0.2, 0.25) is 0 Å². The van der Waals surface area contributed by atoms with E-state index < -0.39 is 29.0 Å². The Morgan fingerprint density at radius 3 is 1.97 bits per heavy atom. The number of halogens is 2. The molecule has 0 atom stereocenters. The van der Waals surface area contributed by atoms with Crippen molar-refractivity contribution in [1.29, 1.82) is 0 Å². The second-order valence-electron chi connectivity index (χ2n) is 8.35. The fourth-order valence-corrected chi connectivity index (χ4v) is 4.07. The summed E-state index contributed by atoms with van der Waals surface area (Å²) in [5.74, 6) is -4.35. The number of hydrogen-bond acceptors (Lipinski definition) is 3. The van der Waals surface area contributed by atoms with E-state index in [4.69, 9.17) is 0 Å². The van der Waals surface area contributed by atoms with Gasteiger partial charge in [-0.1, -0.05) is 57.6 Å². The van der Waals surface area contributed by atoms with Crippen molar-refractivity contribution < 1.29 is 28.6 Å². The molecule has 30 heavy (non-hydrogen) atoms. The van der Waals surface area contributed by atoms with E-state index in [1.54, 1.807) is 17.0 Å². The first-order chi connectivity index (χ1) is 14.3. The number of hydrogen-bond donors (Lipinski definition) is 2. The highest BCUT2D eigenvalue weighted by molar-refractivity contribution is 5.98. The van der Waals surface area contributed by atoms with Crippen molar-refractivity contribution in [1.82, 2.24) is 4.90 Å². The van der Waals surface area contributed by atoms with Crippen molar-refractivity contribution in [2.45, 2.75) is 77.7 Å². The molecular formula is C23H33F2NO4. The molecule has 0 spiro atoms. The molecule has 1 fully saturated rings. The van der Waals surface area contributed by atoms with Crippen LogP contribution in [0.25, 0.3) is 0 Å². The highest BCUT2D eigenvalue weighted by Gasteiger charge is 2.48. The lowest BCUT2D eigenvalue weighted by Gasteiger charge is -2.36. The van der Waals surface area contributed by atoms with Gasteiger partial charge in [-0.2, -0.15) is 0 Å². The van der Waals surface area contributed by atoms with Gasteiger partial charge in [0.1, 0.15) is 0 Å². The molecule has 1 aromatic carbocycles. The molecular weight excluding hydrogens is 392 g/mol. The number of aryl methyl sites for hydroxylation is 1. The van der Waals surface area contributed by atoms with E-state index in [9.17, 15) is 28.6 Å². The lowest BCUT2D eigenvalue weighted by atomic mass is 9.78. The maximum absolute atomic E-state index is 14.6. The van der Waals surface area contributed by atoms with Crippen LogP contribution < -0.4 is 0 Å². The first kappa shape index (κ1) is 24.3. The molecule has 1 heterocycles. The third-order valence-corrected chi connectivity index (χ3v) is 6.21. The van der Waals surface area contributed by atoms with E-state index in [1.807, 2.05) is 0 Å². The number of benzene rings is 1. The van der Waals surface area contributed by atoms with Gasteiger partial charge < -0.3 is 10.2 Å². The summed E-state index contributed by atoms with van der Waals surface area (Å²) in [6.07, 6.45) is 8.22. The van der Waals surface area contributed by atoms with Gasteiger partial charge in [0.25, 0.3) is 0 Å². The van der Waals surface area contributed by atoms with Crippen LogP contribution in [0.1, 0.15) is 75.8 Å². The predicted molar refractivity (Wildman–Crippen MR) is 110 cm³/mol. The standard InChI is InChI=1S/C23H33F2NO4/c1-2-3-4-5-6-7-8-9-17-10-11-18(20(25)19(17)24)16-26-14-12-23(13-15-26,21(27)28)22(29)30/h10-11H,2-9,12-16H2,1H3,(H,27,28)(H,29,30). The molecule has 0 saturated carbocycles. The Morgan fingerprint density at radius 2 is 1.40 bits per heavy atom. The molecule has 2 rings (SSSR count). The number of carboxylic acids is 2. The molecule has 1 saturated heterocycles. The number of unbranched alkanes of at least 4 members (excludes halogenated alkanes) is 6. The minimum absolute atomic E-state index is 0.0574. The third-order valence-electron chi connectivity index (χ3n) is 6.21. The molecule has 5 nitrogen and oxygen atoms in total. The molecule has 2 N–H and O–H groups in total. The lowest BCUT2D eigenvalue weighted by molar-refractivity contribution is -0.168. The smallest absolute Gasteiger partial charge is 0.321 e. The highest BCUT2D eigenvalue weighted by Crippen LogP contribution is 2.33. The first-order valence-corrected chi connectivity index (χ1v) is 11.0. The SMILES string of the molecule is CCCCCCCCCc1ccc(CN2CCC(C(=O)O)(C(=O)O)CC2)c(F)c1F. The summed E-state index contributed by atoms with van der Waals surface area (Å²) in [4.78, 5) is 24.5. The molecule has 1 aliphatic rings. The average molecular weight is 426 g/mol. The molecule has 0 unspecified atom stereocenters. The maximum Gasteiger partial charge on any atom is 0.321 e. The molecule has 1 aliphatic heterocycles. The van der Waals surface area contributed by atoms with Gasteiger partial charge in [0.15, 0.2) is 17.0 Å².